The van der Waals surface area contributed by atoms with Crippen molar-refractivity contribution in [2.24, 2.45) is 5.92 Å². The van der Waals surface area contributed by atoms with E-state index >= 15 is 0 Å². The summed E-state index contributed by atoms with van der Waals surface area (Å²) in [5.41, 5.74) is 21.2. The lowest BCUT2D eigenvalue weighted by Gasteiger charge is -2.25. The third-order valence-electron chi connectivity index (χ3n) is 11.3. The fourth-order valence-corrected chi connectivity index (χ4v) is 8.03. The first-order valence-electron chi connectivity index (χ1n) is 22.1. The average molecular weight is 827 g/mol. The standard InChI is InChI=1S/C21H22.C18H26.C8H12.C7H7F.C7H8/c1-7-15-14(4)12-19-20(16(15)8-2)17-10-9-13(3)11-18(17)21(19,5)6;1-7-10-16(14(5)8-2)17-12-9-11-15(6)18(17)13(3)4;1-4-7-8(5-2)6-3;1-6-3-2-4-7(8)5-6;1-7-5-3-2-4-6-7/h7-12H,1-2H2,3-6H3;7-8,10-11,13H,2,9,12H2,1,3-6H3;4-5,7H,1-2,6H2,3H3;2-5H,1H3;2-6H,1H3/b;10-7-,16-14+;8-7+;;. The van der Waals surface area contributed by atoms with Gasteiger partial charge in [0.15, 0.2) is 0 Å². The smallest absolute Gasteiger partial charge is 0.123 e. The molecular formula is C61H75F. The Balaban J connectivity index is 0.000000289. The van der Waals surface area contributed by atoms with E-state index in [-0.39, 0.29) is 11.2 Å². The second-order valence-corrected chi connectivity index (χ2v) is 16.8. The van der Waals surface area contributed by atoms with Gasteiger partial charge in [-0.3, -0.25) is 0 Å². The summed E-state index contributed by atoms with van der Waals surface area (Å²) in [6.07, 6.45) is 21.6. The lowest BCUT2D eigenvalue weighted by molar-refractivity contribution is 0.626. The Morgan fingerprint density at radius 3 is 1.84 bits per heavy atom. The Kier molecular flexibility index (Phi) is 21.8. The Bertz CT molecular complexity index is 2310. The van der Waals surface area contributed by atoms with Gasteiger partial charge in [0.1, 0.15) is 5.82 Å². The van der Waals surface area contributed by atoms with Gasteiger partial charge in [-0.05, 0) is 158 Å². The highest BCUT2D eigenvalue weighted by Gasteiger charge is 2.37. The maximum Gasteiger partial charge on any atom is 0.123 e. The Hall–Kier alpha value is -5.79. The van der Waals surface area contributed by atoms with Crippen LogP contribution < -0.4 is 0 Å². The summed E-state index contributed by atoms with van der Waals surface area (Å²) >= 11 is 0. The highest BCUT2D eigenvalue weighted by atomic mass is 19.1. The highest BCUT2D eigenvalue weighted by Crippen LogP contribution is 2.52. The molecule has 0 saturated carbocycles. The summed E-state index contributed by atoms with van der Waals surface area (Å²) in [6, 6.07) is 25.9. The monoisotopic (exact) mass is 827 g/mol. The first-order chi connectivity index (χ1) is 29.5. The van der Waals surface area contributed by atoms with Crippen LogP contribution in [-0.4, -0.2) is 0 Å². The van der Waals surface area contributed by atoms with Gasteiger partial charge in [0.25, 0.3) is 0 Å². The maximum atomic E-state index is 12.2. The summed E-state index contributed by atoms with van der Waals surface area (Å²) in [5.74, 6) is 0.416. The van der Waals surface area contributed by atoms with Crippen molar-refractivity contribution in [3.63, 3.8) is 0 Å². The van der Waals surface area contributed by atoms with Gasteiger partial charge in [-0.15, -0.1) is 0 Å². The molecule has 1 heteroatoms. The number of allylic oxidation sites excluding steroid dienone is 13. The molecule has 0 radical (unpaired) electrons. The van der Waals surface area contributed by atoms with Crippen molar-refractivity contribution in [3.8, 4) is 11.1 Å². The SMILES string of the molecule is C=C/C(C)=C(\C=C/C)C1=C(C(C)C)C(C)=CCC1.C=C/C=C(\C=C)CC.C=Cc1c(C)cc2c(c1C=C)-c1ccc(C)cc1C2(C)C.Cc1cccc(F)c1.Cc1ccccc1. The number of aryl methyl sites for hydroxylation is 4. The molecule has 62 heavy (non-hydrogen) atoms. The van der Waals surface area contributed by atoms with E-state index in [0.29, 0.717) is 5.92 Å². The Morgan fingerprint density at radius 1 is 0.758 bits per heavy atom. The summed E-state index contributed by atoms with van der Waals surface area (Å²) in [4.78, 5) is 0. The molecule has 0 N–H and O–H groups in total. The van der Waals surface area contributed by atoms with Gasteiger partial charge in [-0.1, -0.05) is 206 Å². The molecule has 0 atom stereocenters. The van der Waals surface area contributed by atoms with Crippen LogP contribution in [0.15, 0.2) is 188 Å². The van der Waals surface area contributed by atoms with E-state index in [0.717, 1.165) is 24.8 Å². The first-order valence-corrected chi connectivity index (χ1v) is 22.1. The molecule has 0 heterocycles. The van der Waals surface area contributed by atoms with Gasteiger partial charge in [-0.25, -0.2) is 4.39 Å². The summed E-state index contributed by atoms with van der Waals surface area (Å²) in [6.45, 7) is 45.2. The molecule has 0 spiro atoms. The van der Waals surface area contributed by atoms with E-state index in [1.807, 2.05) is 61.6 Å². The molecule has 4 aromatic rings. The van der Waals surface area contributed by atoms with Crippen molar-refractivity contribution in [2.75, 3.05) is 0 Å². The van der Waals surface area contributed by atoms with E-state index in [4.69, 9.17) is 0 Å². The van der Waals surface area contributed by atoms with Crippen LogP contribution >= 0.6 is 0 Å². The van der Waals surface area contributed by atoms with Gasteiger partial charge < -0.3 is 0 Å². The van der Waals surface area contributed by atoms with E-state index in [9.17, 15) is 4.39 Å². The summed E-state index contributed by atoms with van der Waals surface area (Å²) in [7, 11) is 0. The fourth-order valence-electron chi connectivity index (χ4n) is 8.03. The van der Waals surface area contributed by atoms with Crippen molar-refractivity contribution in [1.29, 1.82) is 0 Å². The molecule has 2 aliphatic rings. The van der Waals surface area contributed by atoms with E-state index in [2.05, 4.69) is 164 Å². The highest BCUT2D eigenvalue weighted by molar-refractivity contribution is 5.91. The minimum atomic E-state index is -0.162. The van der Waals surface area contributed by atoms with Crippen LogP contribution in [0.1, 0.15) is 119 Å². The van der Waals surface area contributed by atoms with Crippen LogP contribution in [0.3, 0.4) is 0 Å². The third-order valence-corrected chi connectivity index (χ3v) is 11.3. The Labute approximate surface area is 377 Å². The number of fused-ring (bicyclic) bond motifs is 3. The molecule has 0 bridgehead atoms. The van der Waals surface area contributed by atoms with E-state index < -0.39 is 0 Å². The molecule has 0 unspecified atom stereocenters. The van der Waals surface area contributed by atoms with Crippen LogP contribution in [0.2, 0.25) is 0 Å². The predicted molar refractivity (Wildman–Crippen MR) is 277 cm³/mol. The molecule has 0 aliphatic heterocycles. The van der Waals surface area contributed by atoms with Crippen molar-refractivity contribution < 1.29 is 4.39 Å². The van der Waals surface area contributed by atoms with Crippen molar-refractivity contribution in [3.05, 3.63) is 238 Å². The zero-order valence-corrected chi connectivity index (χ0v) is 40.3. The molecule has 0 amide bonds. The number of halogens is 1. The zero-order chi connectivity index (χ0) is 46.6. The van der Waals surface area contributed by atoms with E-state index in [1.165, 1.54) is 95.6 Å². The fraction of sp³-hybridized carbons (Fsp3) is 0.279. The lowest BCUT2D eigenvalue weighted by Crippen LogP contribution is -2.15. The minimum absolute atomic E-state index is 0.0406. The molecule has 0 saturated heterocycles. The van der Waals surface area contributed by atoms with Crippen molar-refractivity contribution in [1.82, 2.24) is 0 Å². The number of benzene rings is 4. The van der Waals surface area contributed by atoms with Crippen LogP contribution in [0, 0.1) is 39.4 Å². The zero-order valence-electron chi connectivity index (χ0n) is 40.3. The second-order valence-electron chi connectivity index (χ2n) is 16.8. The van der Waals surface area contributed by atoms with Gasteiger partial charge in [0.05, 0.1) is 0 Å². The van der Waals surface area contributed by atoms with Crippen LogP contribution in [-0.2, 0) is 5.41 Å². The molecule has 0 fully saturated rings. The van der Waals surface area contributed by atoms with Gasteiger partial charge in [-0.2, -0.15) is 0 Å². The van der Waals surface area contributed by atoms with E-state index in [1.54, 1.807) is 12.1 Å². The normalized spacial score (nSPS) is 13.8. The molecule has 0 nitrogen and oxygen atoms in total. The molecular weight excluding hydrogens is 752 g/mol. The molecule has 0 aromatic heterocycles. The maximum absolute atomic E-state index is 12.2. The van der Waals surface area contributed by atoms with Crippen molar-refractivity contribution in [2.45, 2.75) is 108 Å². The van der Waals surface area contributed by atoms with Crippen LogP contribution in [0.4, 0.5) is 4.39 Å². The average Bonchev–Trinajstić information content (AvgIpc) is 3.46. The quantitative estimate of drug-likeness (QED) is 0.148. The summed E-state index contributed by atoms with van der Waals surface area (Å²) < 4.78 is 12.2. The molecule has 4 aromatic carbocycles. The largest absolute Gasteiger partial charge is 0.207 e. The van der Waals surface area contributed by atoms with Crippen LogP contribution in [0.25, 0.3) is 23.3 Å². The van der Waals surface area contributed by atoms with Gasteiger partial charge in [0.2, 0.25) is 0 Å². The Morgan fingerprint density at radius 2 is 1.39 bits per heavy atom. The number of hydrogen-bond donors (Lipinski definition) is 0. The van der Waals surface area contributed by atoms with Gasteiger partial charge >= 0.3 is 0 Å². The topological polar surface area (TPSA) is 0 Å². The molecule has 6 rings (SSSR count). The minimum Gasteiger partial charge on any atom is -0.207 e. The first kappa shape index (κ1) is 52.3. The third kappa shape index (κ3) is 14.4. The van der Waals surface area contributed by atoms with Gasteiger partial charge in [0, 0.05) is 5.41 Å². The summed E-state index contributed by atoms with van der Waals surface area (Å²) in [5, 5.41) is 0. The lowest BCUT2D eigenvalue weighted by atomic mass is 9.80. The molecule has 326 valence electrons. The number of rotatable bonds is 9. The van der Waals surface area contributed by atoms with Crippen molar-refractivity contribution >= 4 is 12.2 Å². The second kappa shape index (κ2) is 25.9. The number of hydrogen-bond acceptors (Lipinski definition) is 0. The van der Waals surface area contributed by atoms with Crippen LogP contribution in [0.5, 0.6) is 0 Å². The predicted octanol–water partition coefficient (Wildman–Crippen LogP) is 18.5. The molecule has 2 aliphatic carbocycles.